The molecule has 2 fully saturated rings. The van der Waals surface area contributed by atoms with Crippen molar-refractivity contribution in [1.29, 1.82) is 5.41 Å². The Morgan fingerprint density at radius 1 is 1.47 bits per heavy atom. The molecule has 1 aromatic carbocycles. The molecule has 9 nitrogen and oxygen atoms in total. The van der Waals surface area contributed by atoms with Gasteiger partial charge in [-0.15, -0.1) is 0 Å². The molecule has 2 aliphatic rings. The number of halogens is 1. The van der Waals surface area contributed by atoms with Gasteiger partial charge in [-0.25, -0.2) is 14.4 Å². The molecule has 30 heavy (non-hydrogen) atoms. The lowest BCUT2D eigenvalue weighted by Crippen LogP contribution is -2.62. The van der Waals surface area contributed by atoms with Gasteiger partial charge in [-0.1, -0.05) is 0 Å². The first kappa shape index (κ1) is 20.4. The molecule has 0 saturated carbocycles. The smallest absolute Gasteiger partial charge is 0.275 e. The van der Waals surface area contributed by atoms with E-state index in [9.17, 15) is 9.18 Å². The summed E-state index contributed by atoms with van der Waals surface area (Å²) in [6.45, 7) is 0.566. The Kier molecular flexibility index (Phi) is 5.48. The first-order valence-electron chi connectivity index (χ1n) is 9.29. The maximum absolute atomic E-state index is 14.9. The summed E-state index contributed by atoms with van der Waals surface area (Å²) in [6, 6.07) is 4.37. The van der Waals surface area contributed by atoms with Crippen molar-refractivity contribution in [2.75, 3.05) is 26.1 Å². The van der Waals surface area contributed by atoms with Crippen LogP contribution in [0.15, 0.2) is 30.6 Å². The minimum atomic E-state index is -0.906. The third kappa shape index (κ3) is 3.65. The van der Waals surface area contributed by atoms with Gasteiger partial charge in [-0.2, -0.15) is 0 Å². The van der Waals surface area contributed by atoms with Crippen LogP contribution in [0, 0.1) is 11.2 Å². The van der Waals surface area contributed by atoms with Crippen LogP contribution >= 0.6 is 11.9 Å². The van der Waals surface area contributed by atoms with Crippen LogP contribution in [0.3, 0.4) is 0 Å². The second kappa shape index (κ2) is 8.07. The van der Waals surface area contributed by atoms with Crippen molar-refractivity contribution < 1.29 is 18.7 Å². The largest absolute Gasteiger partial charge is 0.480 e. The van der Waals surface area contributed by atoms with Gasteiger partial charge in [0.25, 0.3) is 5.91 Å². The zero-order valence-electron chi connectivity index (χ0n) is 16.4. The normalized spacial score (nSPS) is 23.4. The van der Waals surface area contributed by atoms with Gasteiger partial charge in [0.05, 0.1) is 19.5 Å². The van der Waals surface area contributed by atoms with E-state index in [1.807, 2.05) is 0 Å². The molecule has 1 aromatic heterocycles. The van der Waals surface area contributed by atoms with Crippen LogP contribution in [-0.4, -0.2) is 52.3 Å². The number of aromatic nitrogens is 2. The number of nitrogens with one attached hydrogen (secondary N) is 3. The highest BCUT2D eigenvalue weighted by atomic mass is 32.2. The predicted molar refractivity (Wildman–Crippen MR) is 110 cm³/mol. The molecule has 11 heteroatoms. The SMILES string of the molecule is COc1cnc(C(=O)Nc2ccc(F)c(C34CCCOC3SN(C)C(=N)N4)c2)cn1. The molecule has 0 aliphatic carbocycles. The third-order valence-electron chi connectivity index (χ3n) is 5.07. The fraction of sp³-hybridized carbons (Fsp3) is 0.368. The summed E-state index contributed by atoms with van der Waals surface area (Å²) in [5, 5.41) is 14.1. The summed E-state index contributed by atoms with van der Waals surface area (Å²) < 4.78 is 27.4. The van der Waals surface area contributed by atoms with Crippen LogP contribution in [0.25, 0.3) is 0 Å². The van der Waals surface area contributed by atoms with Crippen molar-refractivity contribution in [3.05, 3.63) is 47.7 Å². The van der Waals surface area contributed by atoms with E-state index in [0.29, 0.717) is 30.2 Å². The highest BCUT2D eigenvalue weighted by Gasteiger charge is 2.50. The Labute approximate surface area is 177 Å². The van der Waals surface area contributed by atoms with Crippen molar-refractivity contribution >= 4 is 29.5 Å². The molecule has 2 atom stereocenters. The van der Waals surface area contributed by atoms with Gasteiger partial charge in [-0.05, 0) is 43.0 Å². The minimum Gasteiger partial charge on any atom is -0.480 e. The fourth-order valence-corrected chi connectivity index (χ4v) is 4.62. The van der Waals surface area contributed by atoms with E-state index in [4.69, 9.17) is 14.9 Å². The monoisotopic (exact) mass is 432 g/mol. The first-order chi connectivity index (χ1) is 14.4. The average Bonchev–Trinajstić information content (AvgIpc) is 2.76. The molecular formula is C19H21FN6O3S. The van der Waals surface area contributed by atoms with Crippen LogP contribution < -0.4 is 15.4 Å². The average molecular weight is 432 g/mol. The predicted octanol–water partition coefficient (Wildman–Crippen LogP) is 2.33. The molecule has 0 radical (unpaired) electrons. The van der Waals surface area contributed by atoms with Crippen LogP contribution in [-0.2, 0) is 10.3 Å². The van der Waals surface area contributed by atoms with E-state index in [-0.39, 0.29) is 11.7 Å². The lowest BCUT2D eigenvalue weighted by Gasteiger charge is -2.50. The quantitative estimate of drug-likeness (QED) is 0.631. The number of nitrogens with zero attached hydrogens (tertiary/aromatic N) is 3. The summed E-state index contributed by atoms with van der Waals surface area (Å²) in [4.78, 5) is 20.5. The number of hydrogen-bond acceptors (Lipinski definition) is 7. The molecule has 2 aliphatic heterocycles. The van der Waals surface area contributed by atoms with Crippen LogP contribution in [0.4, 0.5) is 10.1 Å². The number of guanidine groups is 1. The van der Waals surface area contributed by atoms with Gasteiger partial charge in [0, 0.05) is 24.9 Å². The van der Waals surface area contributed by atoms with Crippen molar-refractivity contribution in [1.82, 2.24) is 19.6 Å². The summed E-state index contributed by atoms with van der Waals surface area (Å²) in [6.07, 6.45) is 3.97. The van der Waals surface area contributed by atoms with E-state index in [2.05, 4.69) is 20.6 Å². The Morgan fingerprint density at radius 2 is 2.30 bits per heavy atom. The van der Waals surface area contributed by atoms with E-state index in [0.717, 1.165) is 6.42 Å². The molecule has 1 amide bonds. The Hall–Kier alpha value is -2.92. The Bertz CT molecular complexity index is 975. The van der Waals surface area contributed by atoms with Gasteiger partial charge in [0.15, 0.2) is 0 Å². The van der Waals surface area contributed by atoms with Gasteiger partial charge >= 0.3 is 0 Å². The van der Waals surface area contributed by atoms with Gasteiger partial charge in [0.2, 0.25) is 11.8 Å². The Morgan fingerprint density at radius 3 is 3.03 bits per heavy atom. The first-order valence-corrected chi connectivity index (χ1v) is 10.1. The molecule has 158 valence electrons. The summed E-state index contributed by atoms with van der Waals surface area (Å²) in [5.41, 5.74) is -0.454. The second-order valence-electron chi connectivity index (χ2n) is 6.95. The van der Waals surface area contributed by atoms with E-state index >= 15 is 0 Å². The Balaban J connectivity index is 1.64. The van der Waals surface area contributed by atoms with Gasteiger partial charge in [0.1, 0.15) is 22.5 Å². The number of rotatable bonds is 4. The summed E-state index contributed by atoms with van der Waals surface area (Å²) in [7, 11) is 3.21. The zero-order valence-corrected chi connectivity index (χ0v) is 17.3. The molecule has 0 spiro atoms. The number of anilines is 1. The molecular weight excluding hydrogens is 411 g/mol. The molecule has 2 aromatic rings. The van der Waals surface area contributed by atoms with Crippen molar-refractivity contribution in [3.63, 3.8) is 0 Å². The highest BCUT2D eigenvalue weighted by molar-refractivity contribution is 7.98. The number of methoxy groups -OCH3 is 1. The number of fused-ring (bicyclic) bond motifs is 1. The number of carbonyl (C=O) groups is 1. The van der Waals surface area contributed by atoms with Crippen LogP contribution in [0.2, 0.25) is 0 Å². The fourth-order valence-electron chi connectivity index (χ4n) is 3.54. The van der Waals surface area contributed by atoms with Crippen molar-refractivity contribution in [2.24, 2.45) is 0 Å². The van der Waals surface area contributed by atoms with E-state index in [1.165, 1.54) is 43.6 Å². The molecule has 3 N–H and O–H groups in total. The third-order valence-corrected chi connectivity index (χ3v) is 6.30. The molecule has 3 heterocycles. The lowest BCUT2D eigenvalue weighted by atomic mass is 9.83. The number of amides is 1. The zero-order chi connectivity index (χ0) is 21.3. The number of ether oxygens (including phenoxy) is 2. The number of hydrogen-bond donors (Lipinski definition) is 3. The lowest BCUT2D eigenvalue weighted by molar-refractivity contribution is -0.00440. The molecule has 2 saturated heterocycles. The standard InChI is InChI=1S/C19H21FN6O3S/c1-26-18(21)25-19(6-3-7-29-17(19)30-26)12-8-11(4-5-13(12)20)24-16(27)14-9-23-15(28-2)10-22-14/h4-5,8-10,17H,3,6-7H2,1-2H3,(H2,21,25)(H,24,27). The summed E-state index contributed by atoms with van der Waals surface area (Å²) >= 11 is 1.34. The van der Waals surface area contributed by atoms with E-state index in [1.54, 1.807) is 17.4 Å². The minimum absolute atomic E-state index is 0.105. The van der Waals surface area contributed by atoms with Gasteiger partial charge < -0.3 is 20.1 Å². The topological polar surface area (TPSA) is 112 Å². The number of benzene rings is 1. The molecule has 0 bridgehead atoms. The maximum Gasteiger partial charge on any atom is 0.275 e. The van der Waals surface area contributed by atoms with E-state index < -0.39 is 22.7 Å². The molecule has 2 unspecified atom stereocenters. The summed E-state index contributed by atoms with van der Waals surface area (Å²) in [5.74, 6) is -0.441. The van der Waals surface area contributed by atoms with Crippen LogP contribution in [0.5, 0.6) is 5.88 Å². The molecule has 4 rings (SSSR count). The number of carbonyl (C=O) groups excluding carboxylic acids is 1. The van der Waals surface area contributed by atoms with Crippen LogP contribution in [0.1, 0.15) is 28.9 Å². The van der Waals surface area contributed by atoms with Crippen molar-refractivity contribution in [3.8, 4) is 5.88 Å². The second-order valence-corrected chi connectivity index (χ2v) is 8.13. The van der Waals surface area contributed by atoms with Gasteiger partial charge in [-0.3, -0.25) is 14.5 Å². The highest BCUT2D eigenvalue weighted by Crippen LogP contribution is 2.45. The maximum atomic E-state index is 14.9. The van der Waals surface area contributed by atoms with Crippen molar-refractivity contribution in [2.45, 2.75) is 23.8 Å².